The van der Waals surface area contributed by atoms with Crippen LogP contribution in [0.2, 0.25) is 0 Å². The predicted octanol–water partition coefficient (Wildman–Crippen LogP) is 1.82. The third kappa shape index (κ3) is 2.17. The molecule has 0 saturated carbocycles. The van der Waals surface area contributed by atoms with Crippen molar-refractivity contribution >= 4 is 28.4 Å². The van der Waals surface area contributed by atoms with Gasteiger partial charge in [-0.2, -0.15) is 0 Å². The third-order valence-electron chi connectivity index (χ3n) is 2.87. The van der Waals surface area contributed by atoms with Gasteiger partial charge in [0.2, 0.25) is 0 Å². The summed E-state index contributed by atoms with van der Waals surface area (Å²) in [5.74, 6) is 0.127. The molecule has 7 heteroatoms. The number of benzene rings is 1. The number of fused-ring (bicyclic) bond motifs is 1. The summed E-state index contributed by atoms with van der Waals surface area (Å²) in [6.07, 6.45) is 3.26. The number of nitrogens with one attached hydrogen (secondary N) is 3. The summed E-state index contributed by atoms with van der Waals surface area (Å²) in [6, 6.07) is 8.54. The molecule has 100 valence electrons. The van der Waals surface area contributed by atoms with E-state index < -0.39 is 5.91 Å². The van der Waals surface area contributed by atoms with E-state index >= 15 is 0 Å². The molecule has 0 radical (unpaired) electrons. The largest absolute Gasteiger partial charge is 0.346 e. The van der Waals surface area contributed by atoms with Gasteiger partial charge < -0.3 is 10.3 Å². The molecule has 0 aliphatic carbocycles. The minimum Gasteiger partial charge on any atom is -0.346 e. The Labute approximate surface area is 113 Å². The lowest BCUT2D eigenvalue weighted by Gasteiger charge is -2.07. The van der Waals surface area contributed by atoms with E-state index in [9.17, 15) is 4.79 Å². The van der Waals surface area contributed by atoms with Crippen LogP contribution in [0, 0.1) is 0 Å². The lowest BCUT2D eigenvalue weighted by atomic mass is 10.2. The van der Waals surface area contributed by atoms with E-state index in [0.29, 0.717) is 11.4 Å². The zero-order valence-electron chi connectivity index (χ0n) is 10.3. The Morgan fingerprint density at radius 1 is 1.15 bits per heavy atom. The molecule has 0 atom stereocenters. The number of carbonyl (C=O) groups is 1. The maximum absolute atomic E-state index is 11.2. The first-order valence-corrected chi connectivity index (χ1v) is 5.87. The fourth-order valence-electron chi connectivity index (χ4n) is 1.88. The Balaban J connectivity index is 1.88. The number of nitrogens with zero attached hydrogens (tertiary/aromatic N) is 2. The molecule has 0 spiro atoms. The molecule has 1 amide bonds. The van der Waals surface area contributed by atoms with E-state index in [2.05, 4.69) is 20.3 Å². The molecule has 2 aromatic heterocycles. The summed E-state index contributed by atoms with van der Waals surface area (Å²) in [6.45, 7) is 0. The van der Waals surface area contributed by atoms with Crippen molar-refractivity contribution in [2.45, 2.75) is 0 Å². The first-order chi connectivity index (χ1) is 9.78. The van der Waals surface area contributed by atoms with Crippen molar-refractivity contribution in [2.24, 2.45) is 0 Å². The van der Waals surface area contributed by atoms with E-state index in [1.54, 1.807) is 35.9 Å². The highest BCUT2D eigenvalue weighted by molar-refractivity contribution is 5.94. The van der Waals surface area contributed by atoms with Crippen LogP contribution in [0.3, 0.4) is 0 Å². The molecule has 0 aliphatic heterocycles. The number of carbonyl (C=O) groups excluding carboxylic acids is 1. The van der Waals surface area contributed by atoms with Gasteiger partial charge in [-0.3, -0.25) is 10.0 Å². The number of amides is 1. The van der Waals surface area contributed by atoms with Crippen molar-refractivity contribution in [3.05, 3.63) is 48.4 Å². The minimum absolute atomic E-state index is 0.368. The molecular formula is C13H11N5O2. The molecule has 0 bridgehead atoms. The third-order valence-corrected chi connectivity index (χ3v) is 2.87. The SMILES string of the molecule is O=C(NO)c1ccc(Nc2ncnc3[nH]ccc23)cc1. The molecule has 4 N–H and O–H groups in total. The fourth-order valence-corrected chi connectivity index (χ4v) is 1.88. The summed E-state index contributed by atoms with van der Waals surface area (Å²) in [5, 5.41) is 12.6. The van der Waals surface area contributed by atoms with Crippen LogP contribution >= 0.6 is 0 Å². The molecular weight excluding hydrogens is 258 g/mol. The summed E-state index contributed by atoms with van der Waals surface area (Å²) in [5.41, 5.74) is 3.48. The number of rotatable bonds is 3. The molecule has 20 heavy (non-hydrogen) atoms. The van der Waals surface area contributed by atoms with Gasteiger partial charge in [0.05, 0.1) is 5.39 Å². The van der Waals surface area contributed by atoms with Gasteiger partial charge in [0.15, 0.2) is 0 Å². The molecule has 0 saturated heterocycles. The van der Waals surface area contributed by atoms with Crippen molar-refractivity contribution in [3.8, 4) is 0 Å². The number of hydrogen-bond acceptors (Lipinski definition) is 5. The first-order valence-electron chi connectivity index (χ1n) is 5.87. The van der Waals surface area contributed by atoms with Crippen LogP contribution in [0.4, 0.5) is 11.5 Å². The highest BCUT2D eigenvalue weighted by Gasteiger charge is 2.06. The van der Waals surface area contributed by atoms with Crippen LogP contribution in [-0.4, -0.2) is 26.1 Å². The second kappa shape index (κ2) is 4.98. The van der Waals surface area contributed by atoms with Crippen molar-refractivity contribution in [1.29, 1.82) is 0 Å². The van der Waals surface area contributed by atoms with Crippen LogP contribution in [0.5, 0.6) is 0 Å². The van der Waals surface area contributed by atoms with Gasteiger partial charge in [0.1, 0.15) is 17.8 Å². The van der Waals surface area contributed by atoms with Gasteiger partial charge in [-0.05, 0) is 30.3 Å². The molecule has 7 nitrogen and oxygen atoms in total. The molecule has 0 unspecified atom stereocenters. The predicted molar refractivity (Wildman–Crippen MR) is 72.9 cm³/mol. The Morgan fingerprint density at radius 2 is 1.95 bits per heavy atom. The van der Waals surface area contributed by atoms with Crippen LogP contribution in [-0.2, 0) is 0 Å². The van der Waals surface area contributed by atoms with Crippen LogP contribution < -0.4 is 10.8 Å². The van der Waals surface area contributed by atoms with Gasteiger partial charge >= 0.3 is 0 Å². The molecule has 3 aromatic rings. The van der Waals surface area contributed by atoms with E-state index in [4.69, 9.17) is 5.21 Å². The Bertz CT molecular complexity index is 751. The number of hydroxylamine groups is 1. The Morgan fingerprint density at radius 3 is 2.70 bits per heavy atom. The van der Waals surface area contributed by atoms with E-state index in [1.165, 1.54) is 6.33 Å². The number of anilines is 2. The van der Waals surface area contributed by atoms with Gasteiger partial charge in [-0.1, -0.05) is 0 Å². The monoisotopic (exact) mass is 269 g/mol. The number of aromatic amines is 1. The Kier molecular flexibility index (Phi) is 3.02. The van der Waals surface area contributed by atoms with E-state index in [0.717, 1.165) is 16.7 Å². The fraction of sp³-hybridized carbons (Fsp3) is 0. The average Bonchev–Trinajstić information content (AvgIpc) is 2.97. The van der Waals surface area contributed by atoms with Crippen molar-refractivity contribution in [3.63, 3.8) is 0 Å². The van der Waals surface area contributed by atoms with E-state index in [-0.39, 0.29) is 0 Å². The first kappa shape index (κ1) is 12.1. The van der Waals surface area contributed by atoms with Crippen LogP contribution in [0.25, 0.3) is 11.0 Å². The normalized spacial score (nSPS) is 10.4. The molecule has 0 fully saturated rings. The zero-order chi connectivity index (χ0) is 13.9. The second-order valence-electron chi connectivity index (χ2n) is 4.11. The van der Waals surface area contributed by atoms with Gasteiger partial charge in [-0.25, -0.2) is 15.4 Å². The number of aromatic nitrogens is 3. The lowest BCUT2D eigenvalue weighted by Crippen LogP contribution is -2.18. The maximum Gasteiger partial charge on any atom is 0.274 e. The quantitative estimate of drug-likeness (QED) is 0.429. The summed E-state index contributed by atoms with van der Waals surface area (Å²) in [7, 11) is 0. The molecule has 2 heterocycles. The summed E-state index contributed by atoms with van der Waals surface area (Å²) >= 11 is 0. The molecule has 3 rings (SSSR count). The topological polar surface area (TPSA) is 103 Å². The van der Waals surface area contributed by atoms with Crippen LogP contribution in [0.1, 0.15) is 10.4 Å². The number of H-pyrrole nitrogens is 1. The summed E-state index contributed by atoms with van der Waals surface area (Å²) < 4.78 is 0. The van der Waals surface area contributed by atoms with Crippen molar-refractivity contribution in [1.82, 2.24) is 20.4 Å². The van der Waals surface area contributed by atoms with Gasteiger partial charge in [0, 0.05) is 17.4 Å². The minimum atomic E-state index is -0.549. The zero-order valence-corrected chi connectivity index (χ0v) is 10.3. The molecule has 1 aromatic carbocycles. The molecule has 0 aliphatic rings. The van der Waals surface area contributed by atoms with Gasteiger partial charge in [0.25, 0.3) is 5.91 Å². The smallest absolute Gasteiger partial charge is 0.274 e. The average molecular weight is 269 g/mol. The summed E-state index contributed by atoms with van der Waals surface area (Å²) in [4.78, 5) is 22.5. The lowest BCUT2D eigenvalue weighted by molar-refractivity contribution is 0.0706. The van der Waals surface area contributed by atoms with E-state index in [1.807, 2.05) is 6.07 Å². The van der Waals surface area contributed by atoms with Gasteiger partial charge in [-0.15, -0.1) is 0 Å². The Hall–Kier alpha value is -2.93. The second-order valence-corrected chi connectivity index (χ2v) is 4.11. The highest BCUT2D eigenvalue weighted by Crippen LogP contribution is 2.22. The standard InChI is InChI=1S/C13H11N5O2/c19-13(18-20)8-1-3-9(4-2-8)17-12-10-5-6-14-11(10)15-7-16-12/h1-7,20H,(H,18,19)(H2,14,15,16,17). The van der Waals surface area contributed by atoms with Crippen LogP contribution in [0.15, 0.2) is 42.9 Å². The van der Waals surface area contributed by atoms with Crippen molar-refractivity contribution in [2.75, 3.05) is 5.32 Å². The maximum atomic E-state index is 11.2. The number of hydrogen-bond donors (Lipinski definition) is 4. The highest BCUT2D eigenvalue weighted by atomic mass is 16.5. The van der Waals surface area contributed by atoms with Crippen molar-refractivity contribution < 1.29 is 10.0 Å².